The largest absolute Gasteiger partial charge is 0.493 e. The summed E-state index contributed by atoms with van der Waals surface area (Å²) in [6.07, 6.45) is 3.10. The molecule has 4 heteroatoms. The maximum absolute atomic E-state index is 11.9. The minimum absolute atomic E-state index is 0.140. The molecule has 0 spiro atoms. The van der Waals surface area contributed by atoms with Crippen molar-refractivity contribution >= 4 is 5.91 Å². The molecular formula is C15H20N2O2. The third-order valence-electron chi connectivity index (χ3n) is 3.87. The van der Waals surface area contributed by atoms with E-state index >= 15 is 0 Å². The first-order valence-electron chi connectivity index (χ1n) is 7.06. The number of hydrogen-bond acceptors (Lipinski definition) is 3. The van der Waals surface area contributed by atoms with E-state index in [0.717, 1.165) is 50.3 Å². The SMILES string of the molecule is O=C(NCc1ccc2c(c1)CCCO2)[C@@H]1CCNC1. The van der Waals surface area contributed by atoms with Gasteiger partial charge >= 0.3 is 0 Å². The molecule has 2 aliphatic rings. The summed E-state index contributed by atoms with van der Waals surface area (Å²) in [5.74, 6) is 1.31. The second-order valence-electron chi connectivity index (χ2n) is 5.30. The van der Waals surface area contributed by atoms with E-state index in [4.69, 9.17) is 4.74 Å². The van der Waals surface area contributed by atoms with Gasteiger partial charge in [0.2, 0.25) is 5.91 Å². The van der Waals surface area contributed by atoms with Gasteiger partial charge in [-0.1, -0.05) is 12.1 Å². The molecule has 0 aromatic heterocycles. The number of carbonyl (C=O) groups is 1. The van der Waals surface area contributed by atoms with Gasteiger partial charge in [0, 0.05) is 13.1 Å². The van der Waals surface area contributed by atoms with Crippen LogP contribution in [-0.4, -0.2) is 25.6 Å². The number of ether oxygens (including phenoxy) is 1. The number of rotatable bonds is 3. The zero-order chi connectivity index (χ0) is 13.1. The highest BCUT2D eigenvalue weighted by Gasteiger charge is 2.21. The number of hydrogen-bond donors (Lipinski definition) is 2. The first kappa shape index (κ1) is 12.5. The topological polar surface area (TPSA) is 50.4 Å². The highest BCUT2D eigenvalue weighted by molar-refractivity contribution is 5.79. The van der Waals surface area contributed by atoms with E-state index in [1.165, 1.54) is 5.56 Å². The lowest BCUT2D eigenvalue weighted by atomic mass is 10.0. The lowest BCUT2D eigenvalue weighted by Gasteiger charge is -2.18. The molecule has 1 atom stereocenters. The molecular weight excluding hydrogens is 240 g/mol. The second kappa shape index (κ2) is 5.61. The molecule has 2 heterocycles. The number of amides is 1. The van der Waals surface area contributed by atoms with Gasteiger partial charge in [0.05, 0.1) is 12.5 Å². The Morgan fingerprint density at radius 3 is 3.26 bits per heavy atom. The summed E-state index contributed by atoms with van der Waals surface area (Å²) >= 11 is 0. The van der Waals surface area contributed by atoms with Crippen molar-refractivity contribution in [3.8, 4) is 5.75 Å². The molecule has 1 amide bonds. The molecule has 0 radical (unpaired) electrons. The normalized spacial score (nSPS) is 21.6. The molecule has 3 rings (SSSR count). The van der Waals surface area contributed by atoms with E-state index < -0.39 is 0 Å². The molecule has 1 fully saturated rings. The predicted molar refractivity (Wildman–Crippen MR) is 73.1 cm³/mol. The van der Waals surface area contributed by atoms with Gasteiger partial charge in [-0.25, -0.2) is 0 Å². The third kappa shape index (κ3) is 2.89. The Hall–Kier alpha value is -1.55. The van der Waals surface area contributed by atoms with Crippen LogP contribution in [0, 0.1) is 5.92 Å². The summed E-state index contributed by atoms with van der Waals surface area (Å²) in [7, 11) is 0. The van der Waals surface area contributed by atoms with Crippen LogP contribution in [0.4, 0.5) is 0 Å². The second-order valence-corrected chi connectivity index (χ2v) is 5.30. The van der Waals surface area contributed by atoms with Crippen molar-refractivity contribution in [1.82, 2.24) is 10.6 Å². The van der Waals surface area contributed by atoms with Crippen molar-refractivity contribution in [2.24, 2.45) is 5.92 Å². The van der Waals surface area contributed by atoms with Crippen LogP contribution in [0.1, 0.15) is 24.0 Å². The Morgan fingerprint density at radius 1 is 1.47 bits per heavy atom. The summed E-state index contributed by atoms with van der Waals surface area (Å²) in [5, 5.41) is 6.24. The number of benzene rings is 1. The molecule has 2 N–H and O–H groups in total. The fraction of sp³-hybridized carbons (Fsp3) is 0.533. The maximum atomic E-state index is 11.9. The molecule has 1 saturated heterocycles. The van der Waals surface area contributed by atoms with Gasteiger partial charge < -0.3 is 15.4 Å². The molecule has 2 aliphatic heterocycles. The lowest BCUT2D eigenvalue weighted by molar-refractivity contribution is -0.124. The first-order chi connectivity index (χ1) is 9.33. The molecule has 1 aromatic rings. The fourth-order valence-corrected chi connectivity index (χ4v) is 2.74. The summed E-state index contributed by atoms with van der Waals surface area (Å²) in [6, 6.07) is 6.21. The molecule has 102 valence electrons. The van der Waals surface area contributed by atoms with Gasteiger partial charge in [0.25, 0.3) is 0 Å². The van der Waals surface area contributed by atoms with Crippen LogP contribution < -0.4 is 15.4 Å². The van der Waals surface area contributed by atoms with Gasteiger partial charge in [0.1, 0.15) is 5.75 Å². The van der Waals surface area contributed by atoms with E-state index in [0.29, 0.717) is 6.54 Å². The molecule has 19 heavy (non-hydrogen) atoms. The molecule has 0 bridgehead atoms. The van der Waals surface area contributed by atoms with E-state index in [2.05, 4.69) is 16.7 Å². The van der Waals surface area contributed by atoms with Crippen LogP contribution in [0.5, 0.6) is 5.75 Å². The molecule has 1 aromatic carbocycles. The smallest absolute Gasteiger partial charge is 0.224 e. The Kier molecular flexibility index (Phi) is 3.69. The minimum atomic E-state index is 0.140. The van der Waals surface area contributed by atoms with Gasteiger partial charge in [-0.05, 0) is 43.0 Å². The standard InChI is InChI=1S/C15H20N2O2/c18-15(13-5-6-16-10-13)17-9-11-3-4-14-12(8-11)2-1-7-19-14/h3-4,8,13,16H,1-2,5-7,9-10H2,(H,17,18)/t13-/m1/s1. The van der Waals surface area contributed by atoms with Crippen LogP contribution in [0.3, 0.4) is 0 Å². The summed E-state index contributed by atoms with van der Waals surface area (Å²) in [4.78, 5) is 11.9. The van der Waals surface area contributed by atoms with Crippen molar-refractivity contribution in [3.63, 3.8) is 0 Å². The maximum Gasteiger partial charge on any atom is 0.224 e. The van der Waals surface area contributed by atoms with Crippen LogP contribution in [0.25, 0.3) is 0 Å². The Balaban J connectivity index is 1.59. The molecule has 0 aliphatic carbocycles. The summed E-state index contributed by atoms with van der Waals surface area (Å²) in [6.45, 7) is 3.19. The van der Waals surface area contributed by atoms with Crippen molar-refractivity contribution in [1.29, 1.82) is 0 Å². The van der Waals surface area contributed by atoms with Gasteiger partial charge in [0.15, 0.2) is 0 Å². The van der Waals surface area contributed by atoms with E-state index in [9.17, 15) is 4.79 Å². The highest BCUT2D eigenvalue weighted by Crippen LogP contribution is 2.25. The van der Waals surface area contributed by atoms with Crippen LogP contribution in [0.2, 0.25) is 0 Å². The van der Waals surface area contributed by atoms with Crippen molar-refractivity contribution < 1.29 is 9.53 Å². The van der Waals surface area contributed by atoms with Crippen LogP contribution in [0.15, 0.2) is 18.2 Å². The molecule has 4 nitrogen and oxygen atoms in total. The number of fused-ring (bicyclic) bond motifs is 1. The van der Waals surface area contributed by atoms with E-state index in [-0.39, 0.29) is 11.8 Å². The lowest BCUT2D eigenvalue weighted by Crippen LogP contribution is -2.31. The van der Waals surface area contributed by atoms with Crippen molar-refractivity contribution in [2.45, 2.75) is 25.8 Å². The highest BCUT2D eigenvalue weighted by atomic mass is 16.5. The minimum Gasteiger partial charge on any atom is -0.493 e. The van der Waals surface area contributed by atoms with Crippen molar-refractivity contribution in [2.75, 3.05) is 19.7 Å². The average molecular weight is 260 g/mol. The quantitative estimate of drug-likeness (QED) is 0.859. The number of aryl methyl sites for hydroxylation is 1. The van der Waals surface area contributed by atoms with Gasteiger partial charge in [-0.3, -0.25) is 4.79 Å². The number of carbonyl (C=O) groups excluding carboxylic acids is 1. The first-order valence-corrected chi connectivity index (χ1v) is 7.06. The Morgan fingerprint density at radius 2 is 2.42 bits per heavy atom. The van der Waals surface area contributed by atoms with E-state index in [1.807, 2.05) is 12.1 Å². The fourth-order valence-electron chi connectivity index (χ4n) is 2.74. The molecule has 0 unspecified atom stereocenters. The van der Waals surface area contributed by atoms with Crippen LogP contribution in [-0.2, 0) is 17.8 Å². The summed E-state index contributed by atoms with van der Waals surface area (Å²) in [5.41, 5.74) is 2.42. The predicted octanol–water partition coefficient (Wildman–Crippen LogP) is 1.24. The average Bonchev–Trinajstić information content (AvgIpc) is 2.99. The zero-order valence-electron chi connectivity index (χ0n) is 11.1. The number of nitrogens with one attached hydrogen (secondary N) is 2. The Labute approximate surface area is 113 Å². The van der Waals surface area contributed by atoms with Gasteiger partial charge in [-0.2, -0.15) is 0 Å². The molecule has 0 saturated carbocycles. The Bertz CT molecular complexity index is 467. The monoisotopic (exact) mass is 260 g/mol. The van der Waals surface area contributed by atoms with Crippen molar-refractivity contribution in [3.05, 3.63) is 29.3 Å². The van der Waals surface area contributed by atoms with Crippen LogP contribution >= 0.6 is 0 Å². The third-order valence-corrected chi connectivity index (χ3v) is 3.87. The zero-order valence-corrected chi connectivity index (χ0v) is 11.1. The van der Waals surface area contributed by atoms with Gasteiger partial charge in [-0.15, -0.1) is 0 Å². The summed E-state index contributed by atoms with van der Waals surface area (Å²) < 4.78 is 5.59. The van der Waals surface area contributed by atoms with E-state index in [1.54, 1.807) is 0 Å².